The summed E-state index contributed by atoms with van der Waals surface area (Å²) < 4.78 is 14.8. The molecule has 0 aromatic carbocycles. The summed E-state index contributed by atoms with van der Waals surface area (Å²) in [6.45, 7) is 6.03. The molecule has 96 valence electrons. The maximum absolute atomic E-state index is 11.0. The molecule has 0 radical (unpaired) electrons. The van der Waals surface area contributed by atoms with E-state index in [1.54, 1.807) is 7.11 Å². The lowest BCUT2D eigenvalue weighted by molar-refractivity contribution is -0.140. The van der Waals surface area contributed by atoms with E-state index in [0.29, 0.717) is 5.82 Å². The van der Waals surface area contributed by atoms with Gasteiger partial charge in [-0.05, 0) is 5.41 Å². The van der Waals surface area contributed by atoms with E-state index >= 15 is 0 Å². The van der Waals surface area contributed by atoms with Crippen molar-refractivity contribution in [2.75, 3.05) is 14.2 Å². The standard InChI is InChI=1S/C11H18N2O4/c1-11(2,3)9(16-5)10-12-7(17-13-10)6-8(14)15-4/h9H,6H2,1-5H3. The van der Waals surface area contributed by atoms with Gasteiger partial charge >= 0.3 is 5.97 Å². The summed E-state index contributed by atoms with van der Waals surface area (Å²) in [5.41, 5.74) is -0.152. The number of rotatable bonds is 4. The zero-order chi connectivity index (χ0) is 13.1. The Labute approximate surface area is 100 Å². The Morgan fingerprint density at radius 3 is 2.53 bits per heavy atom. The van der Waals surface area contributed by atoms with Crippen LogP contribution >= 0.6 is 0 Å². The van der Waals surface area contributed by atoms with Gasteiger partial charge in [-0.25, -0.2) is 0 Å². The topological polar surface area (TPSA) is 74.5 Å². The highest BCUT2D eigenvalue weighted by Crippen LogP contribution is 2.33. The van der Waals surface area contributed by atoms with Crippen LogP contribution in [0.15, 0.2) is 4.52 Å². The minimum atomic E-state index is -0.412. The first kappa shape index (κ1) is 13.6. The van der Waals surface area contributed by atoms with E-state index in [4.69, 9.17) is 9.26 Å². The molecule has 0 aliphatic heterocycles. The maximum atomic E-state index is 11.0. The molecule has 6 heteroatoms. The summed E-state index contributed by atoms with van der Waals surface area (Å²) in [4.78, 5) is 15.2. The van der Waals surface area contributed by atoms with Crippen LogP contribution in [0, 0.1) is 5.41 Å². The molecule has 1 atom stereocenters. The highest BCUT2D eigenvalue weighted by atomic mass is 16.5. The number of methoxy groups -OCH3 is 2. The zero-order valence-corrected chi connectivity index (χ0v) is 10.8. The highest BCUT2D eigenvalue weighted by molar-refractivity contribution is 5.71. The molecule has 1 unspecified atom stereocenters. The van der Waals surface area contributed by atoms with Crippen molar-refractivity contribution >= 4 is 5.97 Å². The normalized spacial score (nSPS) is 13.5. The van der Waals surface area contributed by atoms with Crippen LogP contribution in [-0.2, 0) is 20.7 Å². The highest BCUT2D eigenvalue weighted by Gasteiger charge is 2.30. The molecule has 0 bridgehead atoms. The SMILES string of the molecule is COC(=O)Cc1nc(C(OC)C(C)(C)C)no1. The lowest BCUT2D eigenvalue weighted by Crippen LogP contribution is -2.21. The van der Waals surface area contributed by atoms with Gasteiger partial charge in [-0.3, -0.25) is 4.79 Å². The molecule has 0 saturated carbocycles. The second-order valence-corrected chi connectivity index (χ2v) is 4.78. The van der Waals surface area contributed by atoms with Gasteiger partial charge in [0.25, 0.3) is 0 Å². The van der Waals surface area contributed by atoms with Crippen molar-refractivity contribution in [3.05, 3.63) is 11.7 Å². The van der Waals surface area contributed by atoms with Crippen molar-refractivity contribution < 1.29 is 18.8 Å². The summed E-state index contributed by atoms with van der Waals surface area (Å²) >= 11 is 0. The van der Waals surface area contributed by atoms with Crippen molar-refractivity contribution in [1.82, 2.24) is 10.1 Å². The molecular weight excluding hydrogens is 224 g/mol. The molecule has 1 aromatic heterocycles. The van der Waals surface area contributed by atoms with Gasteiger partial charge in [-0.2, -0.15) is 4.98 Å². The van der Waals surface area contributed by atoms with Gasteiger partial charge in [0.05, 0.1) is 7.11 Å². The van der Waals surface area contributed by atoms with Crippen LogP contribution in [0.3, 0.4) is 0 Å². The van der Waals surface area contributed by atoms with Gasteiger partial charge < -0.3 is 14.0 Å². The lowest BCUT2D eigenvalue weighted by atomic mass is 9.88. The summed E-state index contributed by atoms with van der Waals surface area (Å²) in [6.07, 6.45) is -0.304. The molecule has 1 rings (SSSR count). The van der Waals surface area contributed by atoms with Crippen molar-refractivity contribution in [2.45, 2.75) is 33.3 Å². The molecule has 0 aliphatic carbocycles. The number of carbonyl (C=O) groups is 1. The molecule has 6 nitrogen and oxygen atoms in total. The number of carbonyl (C=O) groups excluding carboxylic acids is 1. The van der Waals surface area contributed by atoms with Crippen LogP contribution in [0.1, 0.15) is 38.6 Å². The number of hydrogen-bond donors (Lipinski definition) is 0. The predicted molar refractivity (Wildman–Crippen MR) is 59.2 cm³/mol. The largest absolute Gasteiger partial charge is 0.469 e. The van der Waals surface area contributed by atoms with Crippen molar-refractivity contribution in [3.63, 3.8) is 0 Å². The maximum Gasteiger partial charge on any atom is 0.315 e. The third kappa shape index (κ3) is 3.52. The fourth-order valence-electron chi connectivity index (χ4n) is 1.49. The zero-order valence-electron chi connectivity index (χ0n) is 10.8. The van der Waals surface area contributed by atoms with Crippen molar-refractivity contribution in [2.24, 2.45) is 5.41 Å². The molecule has 0 amide bonds. The van der Waals surface area contributed by atoms with E-state index in [1.807, 2.05) is 20.8 Å². The first-order valence-electron chi connectivity index (χ1n) is 5.30. The molecule has 1 heterocycles. The van der Waals surface area contributed by atoms with Gasteiger partial charge in [0.2, 0.25) is 11.7 Å². The van der Waals surface area contributed by atoms with E-state index in [9.17, 15) is 4.79 Å². The fraction of sp³-hybridized carbons (Fsp3) is 0.727. The first-order valence-corrected chi connectivity index (χ1v) is 5.30. The summed E-state index contributed by atoms with van der Waals surface area (Å²) in [5.74, 6) is 0.266. The Balaban J connectivity index is 2.82. The summed E-state index contributed by atoms with van der Waals surface area (Å²) in [5, 5.41) is 3.82. The van der Waals surface area contributed by atoms with E-state index in [-0.39, 0.29) is 23.8 Å². The van der Waals surface area contributed by atoms with Gasteiger partial charge in [0.1, 0.15) is 12.5 Å². The van der Waals surface area contributed by atoms with E-state index in [1.165, 1.54) is 7.11 Å². The Hall–Kier alpha value is -1.43. The lowest BCUT2D eigenvalue weighted by Gasteiger charge is -2.26. The molecule has 0 saturated heterocycles. The van der Waals surface area contributed by atoms with Gasteiger partial charge in [-0.1, -0.05) is 25.9 Å². The Morgan fingerprint density at radius 1 is 1.41 bits per heavy atom. The Morgan fingerprint density at radius 2 is 2.06 bits per heavy atom. The third-order valence-electron chi connectivity index (χ3n) is 2.26. The Kier molecular flexibility index (Phi) is 4.22. The summed E-state index contributed by atoms with van der Waals surface area (Å²) in [6, 6.07) is 0. The van der Waals surface area contributed by atoms with E-state index in [0.717, 1.165) is 0 Å². The first-order chi connectivity index (χ1) is 7.88. The van der Waals surface area contributed by atoms with Crippen LogP contribution in [0.4, 0.5) is 0 Å². The van der Waals surface area contributed by atoms with Crippen LogP contribution in [0.5, 0.6) is 0 Å². The van der Waals surface area contributed by atoms with E-state index < -0.39 is 5.97 Å². The van der Waals surface area contributed by atoms with Gasteiger partial charge in [0, 0.05) is 7.11 Å². The average Bonchev–Trinajstić information content (AvgIpc) is 2.65. The number of aromatic nitrogens is 2. The second kappa shape index (κ2) is 5.27. The van der Waals surface area contributed by atoms with Crippen LogP contribution in [-0.4, -0.2) is 30.3 Å². The molecule has 0 fully saturated rings. The second-order valence-electron chi connectivity index (χ2n) is 4.78. The van der Waals surface area contributed by atoms with Crippen LogP contribution in [0.25, 0.3) is 0 Å². The quantitative estimate of drug-likeness (QED) is 0.745. The molecule has 0 spiro atoms. The molecule has 1 aromatic rings. The molecular formula is C11H18N2O4. The summed E-state index contributed by atoms with van der Waals surface area (Å²) in [7, 11) is 2.90. The number of nitrogens with zero attached hydrogens (tertiary/aromatic N) is 2. The molecule has 0 aliphatic rings. The fourth-order valence-corrected chi connectivity index (χ4v) is 1.49. The van der Waals surface area contributed by atoms with Crippen molar-refractivity contribution in [3.8, 4) is 0 Å². The van der Waals surface area contributed by atoms with E-state index in [2.05, 4.69) is 14.9 Å². The number of ether oxygens (including phenoxy) is 2. The smallest absolute Gasteiger partial charge is 0.315 e. The van der Waals surface area contributed by atoms with Gasteiger partial charge in [-0.15, -0.1) is 0 Å². The average molecular weight is 242 g/mol. The van der Waals surface area contributed by atoms with Gasteiger partial charge in [0.15, 0.2) is 0 Å². The number of esters is 1. The van der Waals surface area contributed by atoms with Crippen LogP contribution < -0.4 is 0 Å². The monoisotopic (exact) mass is 242 g/mol. The van der Waals surface area contributed by atoms with Crippen molar-refractivity contribution in [1.29, 1.82) is 0 Å². The van der Waals surface area contributed by atoms with Crippen LogP contribution in [0.2, 0.25) is 0 Å². The Bertz CT molecular complexity index is 381. The predicted octanol–water partition coefficient (Wildman–Crippen LogP) is 1.52. The third-order valence-corrected chi connectivity index (χ3v) is 2.26. The minimum Gasteiger partial charge on any atom is -0.469 e. The molecule has 17 heavy (non-hydrogen) atoms. The minimum absolute atomic E-state index is 0.0237. The molecule has 0 N–H and O–H groups in total. The number of hydrogen-bond acceptors (Lipinski definition) is 6.